The smallest absolute Gasteiger partial charge is 0.126 e. The Morgan fingerprint density at radius 1 is 0.952 bits per heavy atom. The molecule has 0 saturated heterocycles. The summed E-state index contributed by atoms with van der Waals surface area (Å²) in [6, 6.07) is 13.9. The van der Waals surface area contributed by atoms with Crippen LogP contribution in [0.15, 0.2) is 42.5 Å². The highest BCUT2D eigenvalue weighted by Gasteiger charge is 2.04. The average molecular weight is 286 g/mol. The highest BCUT2D eigenvalue weighted by molar-refractivity contribution is 5.64. The molecule has 21 heavy (non-hydrogen) atoms. The van der Waals surface area contributed by atoms with Gasteiger partial charge in [-0.2, -0.15) is 0 Å². The molecule has 0 aliphatic rings. The fourth-order valence-corrected chi connectivity index (χ4v) is 2.15. The van der Waals surface area contributed by atoms with Gasteiger partial charge >= 0.3 is 0 Å². The summed E-state index contributed by atoms with van der Waals surface area (Å²) in [7, 11) is 0. The number of benzene rings is 2. The van der Waals surface area contributed by atoms with Crippen molar-refractivity contribution in [2.45, 2.75) is 47.5 Å². The van der Waals surface area contributed by atoms with E-state index < -0.39 is 0 Å². The van der Waals surface area contributed by atoms with E-state index in [1.54, 1.807) is 13.0 Å². The number of hydrogen-bond donors (Lipinski definition) is 0. The molecule has 1 atom stereocenters. The second-order valence-electron chi connectivity index (χ2n) is 5.38. The van der Waals surface area contributed by atoms with Crippen molar-refractivity contribution in [3.8, 4) is 11.1 Å². The molecule has 0 saturated carbocycles. The highest BCUT2D eigenvalue weighted by Crippen LogP contribution is 2.23. The quantitative estimate of drug-likeness (QED) is 0.608. The SMILES string of the molecule is CC.CCC(C)Cc1ccc(-c2ccc(C)c(F)c2)cc1. The van der Waals surface area contributed by atoms with Crippen molar-refractivity contribution in [2.24, 2.45) is 5.92 Å². The Kier molecular flexibility index (Phi) is 7.14. The van der Waals surface area contributed by atoms with Crippen LogP contribution in [0.5, 0.6) is 0 Å². The topological polar surface area (TPSA) is 0 Å². The van der Waals surface area contributed by atoms with Crippen LogP contribution in [0, 0.1) is 18.7 Å². The van der Waals surface area contributed by atoms with Crippen LogP contribution in [0.3, 0.4) is 0 Å². The minimum atomic E-state index is -0.138. The molecule has 0 aromatic heterocycles. The van der Waals surface area contributed by atoms with E-state index in [2.05, 4.69) is 38.1 Å². The molecule has 1 heteroatoms. The molecule has 0 bridgehead atoms. The fourth-order valence-electron chi connectivity index (χ4n) is 2.15. The molecule has 0 heterocycles. The Balaban J connectivity index is 0.00000106. The monoisotopic (exact) mass is 286 g/mol. The van der Waals surface area contributed by atoms with E-state index >= 15 is 0 Å². The molecule has 0 spiro atoms. The van der Waals surface area contributed by atoms with Crippen LogP contribution in [0.25, 0.3) is 11.1 Å². The summed E-state index contributed by atoms with van der Waals surface area (Å²) in [6.07, 6.45) is 2.31. The molecular weight excluding hydrogens is 259 g/mol. The summed E-state index contributed by atoms with van der Waals surface area (Å²) in [6.45, 7) is 10.3. The molecule has 0 fully saturated rings. The highest BCUT2D eigenvalue weighted by atomic mass is 19.1. The Labute approximate surface area is 129 Å². The second-order valence-corrected chi connectivity index (χ2v) is 5.38. The fraction of sp³-hybridized carbons (Fsp3) is 0.400. The summed E-state index contributed by atoms with van der Waals surface area (Å²) in [5.74, 6) is 0.573. The van der Waals surface area contributed by atoms with Crippen LogP contribution in [0.4, 0.5) is 4.39 Å². The van der Waals surface area contributed by atoms with Gasteiger partial charge in [-0.25, -0.2) is 4.39 Å². The normalized spacial score (nSPS) is 11.5. The van der Waals surface area contributed by atoms with E-state index in [9.17, 15) is 4.39 Å². The molecule has 114 valence electrons. The molecule has 2 rings (SSSR count). The molecule has 2 aromatic carbocycles. The third kappa shape index (κ3) is 5.00. The van der Waals surface area contributed by atoms with Crippen LogP contribution >= 0.6 is 0 Å². The van der Waals surface area contributed by atoms with Crippen LogP contribution in [-0.2, 0) is 6.42 Å². The number of hydrogen-bond acceptors (Lipinski definition) is 0. The van der Waals surface area contributed by atoms with Gasteiger partial charge in [0.25, 0.3) is 0 Å². The summed E-state index contributed by atoms with van der Waals surface area (Å²) in [5.41, 5.74) is 4.06. The Morgan fingerprint density at radius 2 is 1.52 bits per heavy atom. The molecule has 0 radical (unpaired) electrons. The molecule has 0 amide bonds. The lowest BCUT2D eigenvalue weighted by Crippen LogP contribution is -1.97. The third-order valence-electron chi connectivity index (χ3n) is 3.74. The van der Waals surface area contributed by atoms with Gasteiger partial charge < -0.3 is 0 Å². The van der Waals surface area contributed by atoms with Crippen molar-refractivity contribution < 1.29 is 4.39 Å². The van der Waals surface area contributed by atoms with Gasteiger partial charge in [0.2, 0.25) is 0 Å². The van der Waals surface area contributed by atoms with E-state index in [1.165, 1.54) is 12.0 Å². The van der Waals surface area contributed by atoms with E-state index in [0.717, 1.165) is 17.5 Å². The van der Waals surface area contributed by atoms with Crippen molar-refractivity contribution in [3.63, 3.8) is 0 Å². The maximum absolute atomic E-state index is 13.6. The van der Waals surface area contributed by atoms with Crippen molar-refractivity contribution in [1.82, 2.24) is 0 Å². The molecular formula is C20H27F. The lowest BCUT2D eigenvalue weighted by molar-refractivity contribution is 0.560. The summed E-state index contributed by atoms with van der Waals surface area (Å²) in [4.78, 5) is 0. The van der Waals surface area contributed by atoms with Crippen molar-refractivity contribution in [2.75, 3.05) is 0 Å². The van der Waals surface area contributed by atoms with E-state index in [-0.39, 0.29) is 5.82 Å². The lowest BCUT2D eigenvalue weighted by atomic mass is 9.96. The maximum Gasteiger partial charge on any atom is 0.126 e. The van der Waals surface area contributed by atoms with Gasteiger partial charge in [0.15, 0.2) is 0 Å². The number of rotatable bonds is 4. The predicted molar refractivity (Wildman–Crippen MR) is 91.1 cm³/mol. The second kappa shape index (κ2) is 8.61. The first-order chi connectivity index (χ1) is 10.1. The molecule has 0 N–H and O–H groups in total. The minimum absolute atomic E-state index is 0.138. The first-order valence-corrected chi connectivity index (χ1v) is 7.95. The average Bonchev–Trinajstić information content (AvgIpc) is 2.52. The summed E-state index contributed by atoms with van der Waals surface area (Å²) >= 11 is 0. The van der Waals surface area contributed by atoms with Gasteiger partial charge in [-0.15, -0.1) is 0 Å². The largest absolute Gasteiger partial charge is 0.207 e. The molecule has 1 unspecified atom stereocenters. The van der Waals surface area contributed by atoms with E-state index in [1.807, 2.05) is 26.0 Å². The minimum Gasteiger partial charge on any atom is -0.207 e. The lowest BCUT2D eigenvalue weighted by Gasteiger charge is -2.09. The molecule has 0 aliphatic heterocycles. The number of aryl methyl sites for hydroxylation is 1. The zero-order valence-electron chi connectivity index (χ0n) is 13.9. The zero-order valence-corrected chi connectivity index (χ0v) is 13.9. The van der Waals surface area contributed by atoms with Gasteiger partial charge in [-0.3, -0.25) is 0 Å². The summed E-state index contributed by atoms with van der Waals surface area (Å²) in [5, 5.41) is 0. The maximum atomic E-state index is 13.6. The van der Waals surface area contributed by atoms with Crippen molar-refractivity contribution in [1.29, 1.82) is 0 Å². The van der Waals surface area contributed by atoms with E-state index in [4.69, 9.17) is 0 Å². The van der Waals surface area contributed by atoms with Gasteiger partial charge in [-0.05, 0) is 47.6 Å². The van der Waals surface area contributed by atoms with Gasteiger partial charge in [0.1, 0.15) is 5.82 Å². The predicted octanol–water partition coefficient (Wildman–Crippen LogP) is 6.42. The van der Waals surface area contributed by atoms with Crippen LogP contribution in [-0.4, -0.2) is 0 Å². The summed E-state index contributed by atoms with van der Waals surface area (Å²) < 4.78 is 13.6. The van der Waals surface area contributed by atoms with Gasteiger partial charge in [-0.1, -0.05) is 70.5 Å². The Hall–Kier alpha value is -1.63. The van der Waals surface area contributed by atoms with Gasteiger partial charge in [0, 0.05) is 0 Å². The molecule has 0 aliphatic carbocycles. The first-order valence-electron chi connectivity index (χ1n) is 7.95. The molecule has 0 nitrogen and oxygen atoms in total. The Morgan fingerprint density at radius 3 is 2.05 bits per heavy atom. The Bertz CT molecular complexity index is 540. The van der Waals surface area contributed by atoms with Gasteiger partial charge in [0.05, 0.1) is 0 Å². The third-order valence-corrected chi connectivity index (χ3v) is 3.74. The van der Waals surface area contributed by atoms with Crippen molar-refractivity contribution >= 4 is 0 Å². The molecule has 2 aromatic rings. The zero-order chi connectivity index (χ0) is 15.8. The first kappa shape index (κ1) is 17.4. The standard InChI is InChI=1S/C18H21F.C2H6/c1-4-13(2)11-15-6-9-16(10-7-15)17-8-5-14(3)18(19)12-17;1-2/h5-10,12-13H,4,11H2,1-3H3;1-2H3. The van der Waals surface area contributed by atoms with Crippen molar-refractivity contribution in [3.05, 3.63) is 59.4 Å². The van der Waals surface area contributed by atoms with Crippen LogP contribution in [0.1, 0.15) is 45.2 Å². The van der Waals surface area contributed by atoms with Crippen LogP contribution < -0.4 is 0 Å². The van der Waals surface area contributed by atoms with Crippen LogP contribution in [0.2, 0.25) is 0 Å². The van der Waals surface area contributed by atoms with E-state index in [0.29, 0.717) is 11.5 Å². The number of halogens is 1.